The Morgan fingerprint density at radius 1 is 0.950 bits per heavy atom. The number of carbonyl (C=O) groups excluding carboxylic acids is 3. The van der Waals surface area contributed by atoms with Gasteiger partial charge in [-0.3, -0.25) is 9.78 Å². The second-order valence-corrected chi connectivity index (χ2v) is 9.92. The van der Waals surface area contributed by atoms with Gasteiger partial charge in [0, 0.05) is 18.7 Å². The summed E-state index contributed by atoms with van der Waals surface area (Å²) in [5.74, 6) is -1.74. The van der Waals surface area contributed by atoms with Crippen LogP contribution < -0.4 is 5.73 Å². The third-order valence-electron chi connectivity index (χ3n) is 5.81. The molecule has 0 radical (unpaired) electrons. The highest BCUT2D eigenvalue weighted by molar-refractivity contribution is 6.02. The largest absolute Gasteiger partial charge is 0.467 e. The predicted octanol–water partition coefficient (Wildman–Crippen LogP) is 4.60. The summed E-state index contributed by atoms with van der Waals surface area (Å²) in [6.07, 6.45) is -10.0. The molecule has 0 saturated carbocycles. The molecule has 2 heterocycles. The summed E-state index contributed by atoms with van der Waals surface area (Å²) in [5, 5.41) is 0. The second kappa shape index (κ2) is 10.8. The topological polar surface area (TPSA) is 115 Å². The Morgan fingerprint density at radius 3 is 2.02 bits per heavy atom. The van der Waals surface area contributed by atoms with E-state index in [1.54, 1.807) is 20.8 Å². The van der Waals surface area contributed by atoms with Gasteiger partial charge >= 0.3 is 24.4 Å². The molecule has 1 aliphatic rings. The Morgan fingerprint density at radius 2 is 1.52 bits per heavy atom. The second-order valence-electron chi connectivity index (χ2n) is 9.92. The number of alkyl halides is 6. The quantitative estimate of drug-likeness (QED) is 0.420. The van der Waals surface area contributed by atoms with Crippen molar-refractivity contribution in [1.29, 1.82) is 0 Å². The number of anilines is 1. The molecule has 1 saturated heterocycles. The number of pyridine rings is 1. The lowest BCUT2D eigenvalue weighted by Crippen LogP contribution is -2.60. The molecule has 2 amide bonds. The molecule has 1 atom stereocenters. The van der Waals surface area contributed by atoms with Crippen molar-refractivity contribution in [2.45, 2.75) is 44.8 Å². The van der Waals surface area contributed by atoms with Gasteiger partial charge in [-0.15, -0.1) is 0 Å². The first kappa shape index (κ1) is 30.5. The predicted molar refractivity (Wildman–Crippen MR) is 129 cm³/mol. The van der Waals surface area contributed by atoms with E-state index in [4.69, 9.17) is 15.2 Å². The molecule has 1 aromatic heterocycles. The number of hydrogen-bond donors (Lipinski definition) is 1. The molecule has 40 heavy (non-hydrogen) atoms. The van der Waals surface area contributed by atoms with Crippen molar-refractivity contribution in [3.8, 4) is 11.3 Å². The molecule has 9 nitrogen and oxygen atoms in total. The van der Waals surface area contributed by atoms with E-state index >= 15 is 0 Å². The Kier molecular flexibility index (Phi) is 8.27. The van der Waals surface area contributed by atoms with Crippen LogP contribution in [-0.4, -0.2) is 71.1 Å². The minimum absolute atomic E-state index is 0.0298. The van der Waals surface area contributed by atoms with Crippen molar-refractivity contribution in [3.63, 3.8) is 0 Å². The SMILES string of the molecule is COC(=O)[C@@H]1CN(C(=O)OC(C)(C)C)CCN1C(=O)c1cc(-c2cc(C(F)(F)F)cc(C(F)(F)F)c2)ncc1N. The summed E-state index contributed by atoms with van der Waals surface area (Å²) < 4.78 is 90.2. The van der Waals surface area contributed by atoms with Crippen LogP contribution in [0.4, 0.5) is 36.8 Å². The molecule has 0 spiro atoms. The van der Waals surface area contributed by atoms with Crippen molar-refractivity contribution >= 4 is 23.7 Å². The van der Waals surface area contributed by atoms with E-state index < -0.39 is 64.3 Å². The van der Waals surface area contributed by atoms with Gasteiger partial charge in [-0.05, 0) is 45.0 Å². The van der Waals surface area contributed by atoms with E-state index in [-0.39, 0.29) is 37.0 Å². The van der Waals surface area contributed by atoms with Crippen molar-refractivity contribution in [2.24, 2.45) is 0 Å². The van der Waals surface area contributed by atoms with Crippen LogP contribution in [0.2, 0.25) is 0 Å². The van der Waals surface area contributed by atoms with E-state index in [1.807, 2.05) is 0 Å². The van der Waals surface area contributed by atoms with Gasteiger partial charge in [-0.25, -0.2) is 9.59 Å². The fourth-order valence-corrected chi connectivity index (χ4v) is 3.92. The van der Waals surface area contributed by atoms with E-state index in [0.717, 1.165) is 24.3 Å². The highest BCUT2D eigenvalue weighted by Gasteiger charge is 2.40. The molecule has 0 unspecified atom stereocenters. The Labute approximate surface area is 224 Å². The third kappa shape index (κ3) is 6.93. The van der Waals surface area contributed by atoms with Gasteiger partial charge in [-0.1, -0.05) is 0 Å². The van der Waals surface area contributed by atoms with Gasteiger partial charge in [0.15, 0.2) is 0 Å². The van der Waals surface area contributed by atoms with Crippen molar-refractivity contribution in [2.75, 3.05) is 32.5 Å². The van der Waals surface area contributed by atoms with Crippen LogP contribution in [0.3, 0.4) is 0 Å². The van der Waals surface area contributed by atoms with Crippen LogP contribution in [0.1, 0.15) is 42.3 Å². The summed E-state index contributed by atoms with van der Waals surface area (Å²) in [6, 6.07) is 0.553. The standard InChI is InChI=1S/C25H26F6N4O5/c1-23(2,3)40-22(38)34-5-6-35(19(12-34)21(37)39-4)20(36)16-10-18(33-11-17(16)32)13-7-14(24(26,27)28)9-15(8-13)25(29,30)31/h7-11,19H,5-6,12,32H2,1-4H3/t19-/m0/s1. The Bertz CT molecular complexity index is 1270. The number of methoxy groups -OCH3 is 1. The number of nitrogens with two attached hydrogens (primary N) is 1. The van der Waals surface area contributed by atoms with Crippen LogP contribution in [0, 0.1) is 0 Å². The number of piperazine rings is 1. The number of nitrogen functional groups attached to an aromatic ring is 1. The number of halogens is 6. The van der Waals surface area contributed by atoms with E-state index in [1.165, 1.54) is 4.90 Å². The first-order chi connectivity index (χ1) is 18.3. The Balaban J connectivity index is 2.00. The van der Waals surface area contributed by atoms with Crippen molar-refractivity contribution in [3.05, 3.63) is 47.2 Å². The lowest BCUT2D eigenvalue weighted by Gasteiger charge is -2.40. The maximum atomic E-state index is 13.5. The smallest absolute Gasteiger partial charge is 0.416 e. The molecule has 0 bridgehead atoms. The lowest BCUT2D eigenvalue weighted by molar-refractivity contribution is -0.148. The van der Waals surface area contributed by atoms with Gasteiger partial charge < -0.3 is 25.0 Å². The van der Waals surface area contributed by atoms with Gasteiger partial charge in [0.2, 0.25) is 0 Å². The normalized spacial score (nSPS) is 16.5. The minimum atomic E-state index is -5.09. The first-order valence-electron chi connectivity index (χ1n) is 11.7. The van der Waals surface area contributed by atoms with Gasteiger partial charge in [-0.2, -0.15) is 26.3 Å². The molecule has 1 aromatic carbocycles. The highest BCUT2D eigenvalue weighted by atomic mass is 19.4. The number of rotatable bonds is 3. The lowest BCUT2D eigenvalue weighted by atomic mass is 10.0. The molecular formula is C25H26F6N4O5. The maximum absolute atomic E-state index is 13.5. The molecular weight excluding hydrogens is 550 g/mol. The number of hydrogen-bond acceptors (Lipinski definition) is 7. The van der Waals surface area contributed by atoms with E-state index in [0.29, 0.717) is 12.1 Å². The zero-order chi connectivity index (χ0) is 30.2. The van der Waals surface area contributed by atoms with Gasteiger partial charge in [0.05, 0.1) is 47.9 Å². The number of esters is 1. The monoisotopic (exact) mass is 576 g/mol. The maximum Gasteiger partial charge on any atom is 0.416 e. The van der Waals surface area contributed by atoms with E-state index in [9.17, 15) is 40.7 Å². The van der Waals surface area contributed by atoms with Crippen LogP contribution in [0.15, 0.2) is 30.5 Å². The average Bonchev–Trinajstić information content (AvgIpc) is 2.85. The number of nitrogens with zero attached hydrogens (tertiary/aromatic N) is 3. The molecule has 1 aliphatic heterocycles. The number of aromatic nitrogens is 1. The fraction of sp³-hybridized carbons (Fsp3) is 0.440. The van der Waals surface area contributed by atoms with Crippen LogP contribution in [0.5, 0.6) is 0 Å². The molecule has 0 aliphatic carbocycles. The van der Waals surface area contributed by atoms with Crippen LogP contribution in [0.25, 0.3) is 11.3 Å². The molecule has 3 rings (SSSR count). The Hall–Kier alpha value is -4.04. The number of ether oxygens (including phenoxy) is 2. The first-order valence-corrected chi connectivity index (χ1v) is 11.7. The molecule has 218 valence electrons. The summed E-state index contributed by atoms with van der Waals surface area (Å²) in [7, 11) is 1.07. The van der Waals surface area contributed by atoms with Crippen LogP contribution in [-0.2, 0) is 26.6 Å². The third-order valence-corrected chi connectivity index (χ3v) is 5.81. The number of benzene rings is 1. The summed E-state index contributed by atoms with van der Waals surface area (Å²) in [6.45, 7) is 4.41. The number of carbonyl (C=O) groups is 3. The van der Waals surface area contributed by atoms with Crippen molar-refractivity contribution < 1.29 is 50.2 Å². The molecule has 15 heteroatoms. The summed E-state index contributed by atoms with van der Waals surface area (Å²) in [4.78, 5) is 44.7. The molecule has 2 aromatic rings. The van der Waals surface area contributed by atoms with Crippen molar-refractivity contribution in [1.82, 2.24) is 14.8 Å². The minimum Gasteiger partial charge on any atom is -0.467 e. The zero-order valence-electron chi connectivity index (χ0n) is 21.8. The molecule has 2 N–H and O–H groups in total. The van der Waals surface area contributed by atoms with Crippen LogP contribution >= 0.6 is 0 Å². The fourth-order valence-electron chi connectivity index (χ4n) is 3.92. The average molecular weight is 576 g/mol. The van der Waals surface area contributed by atoms with E-state index in [2.05, 4.69) is 4.98 Å². The van der Waals surface area contributed by atoms with Gasteiger partial charge in [0.1, 0.15) is 11.6 Å². The summed E-state index contributed by atoms with van der Waals surface area (Å²) in [5.41, 5.74) is 0.430. The zero-order valence-corrected chi connectivity index (χ0v) is 21.8. The van der Waals surface area contributed by atoms with Gasteiger partial charge in [0.25, 0.3) is 5.91 Å². The highest BCUT2D eigenvalue weighted by Crippen LogP contribution is 2.38. The molecule has 1 fully saturated rings. The summed E-state index contributed by atoms with van der Waals surface area (Å²) >= 11 is 0. The number of amides is 2.